The minimum absolute atomic E-state index is 0.272. The topological polar surface area (TPSA) is 71.1 Å². The third-order valence-corrected chi connectivity index (χ3v) is 2.69. The van der Waals surface area contributed by atoms with Gasteiger partial charge < -0.3 is 10.6 Å². The zero-order valence-electron chi connectivity index (χ0n) is 11.1. The molecule has 0 saturated carbocycles. The third-order valence-electron chi connectivity index (χ3n) is 2.69. The van der Waals surface area contributed by atoms with Crippen LogP contribution in [0.1, 0.15) is 11.1 Å². The molecule has 2 N–H and O–H groups in total. The van der Waals surface area contributed by atoms with E-state index in [0.717, 1.165) is 11.1 Å². The van der Waals surface area contributed by atoms with Gasteiger partial charge in [0.2, 0.25) is 0 Å². The highest BCUT2D eigenvalue weighted by Crippen LogP contribution is 2.08. The van der Waals surface area contributed by atoms with Crippen molar-refractivity contribution in [2.45, 2.75) is 13.5 Å². The van der Waals surface area contributed by atoms with Crippen LogP contribution in [0.4, 0.5) is 5.69 Å². The number of aryl methyl sites for hydroxylation is 1. The number of nitrogens with one attached hydrogen (secondary N) is 2. The molecule has 0 radical (unpaired) electrons. The lowest BCUT2D eigenvalue weighted by atomic mass is 10.2. The standard InChI is InChI=1S/C15H15N3O2/c1-11-4-6-13(7-5-11)18-15(20)14(19)17-10-12-3-2-8-16-9-12/h2-9H,10H2,1H3,(H,17,19)(H,18,20). The van der Waals surface area contributed by atoms with Crippen molar-refractivity contribution in [3.63, 3.8) is 0 Å². The summed E-state index contributed by atoms with van der Waals surface area (Å²) < 4.78 is 0. The molecule has 1 aromatic heterocycles. The molecule has 1 heterocycles. The highest BCUT2D eigenvalue weighted by molar-refractivity contribution is 6.39. The van der Waals surface area contributed by atoms with E-state index in [1.165, 1.54) is 0 Å². The largest absolute Gasteiger partial charge is 0.344 e. The van der Waals surface area contributed by atoms with Gasteiger partial charge in [-0.25, -0.2) is 0 Å². The van der Waals surface area contributed by atoms with Crippen molar-refractivity contribution in [3.05, 3.63) is 59.9 Å². The maximum atomic E-state index is 11.7. The second-order valence-electron chi connectivity index (χ2n) is 4.36. The number of carbonyl (C=O) groups excluding carboxylic acids is 2. The molecule has 5 heteroatoms. The number of hydrogen-bond donors (Lipinski definition) is 2. The molecule has 5 nitrogen and oxygen atoms in total. The number of carbonyl (C=O) groups is 2. The highest BCUT2D eigenvalue weighted by Gasteiger charge is 2.13. The van der Waals surface area contributed by atoms with Crippen LogP contribution in [-0.4, -0.2) is 16.8 Å². The Labute approximate surface area is 117 Å². The molecule has 0 aliphatic carbocycles. The van der Waals surface area contributed by atoms with Crippen molar-refractivity contribution < 1.29 is 9.59 Å². The molecule has 102 valence electrons. The van der Waals surface area contributed by atoms with Gasteiger partial charge in [-0.3, -0.25) is 14.6 Å². The first-order valence-electron chi connectivity index (χ1n) is 6.20. The summed E-state index contributed by atoms with van der Waals surface area (Å²) in [6.07, 6.45) is 3.29. The minimum Gasteiger partial charge on any atom is -0.344 e. The Kier molecular flexibility index (Phi) is 4.44. The molecule has 2 aromatic rings. The van der Waals surface area contributed by atoms with Gasteiger partial charge in [0.05, 0.1) is 0 Å². The Hall–Kier alpha value is -2.69. The summed E-state index contributed by atoms with van der Waals surface area (Å²) in [5, 5.41) is 5.08. The number of benzene rings is 1. The predicted octanol–water partition coefficient (Wildman–Crippen LogP) is 1.64. The van der Waals surface area contributed by atoms with Gasteiger partial charge in [-0.05, 0) is 30.7 Å². The van der Waals surface area contributed by atoms with Gasteiger partial charge in [-0.2, -0.15) is 0 Å². The fourth-order valence-electron chi connectivity index (χ4n) is 1.59. The first-order valence-corrected chi connectivity index (χ1v) is 6.20. The van der Waals surface area contributed by atoms with Crippen LogP contribution in [0.5, 0.6) is 0 Å². The third kappa shape index (κ3) is 3.91. The Morgan fingerprint density at radius 2 is 1.85 bits per heavy atom. The van der Waals surface area contributed by atoms with Crippen molar-refractivity contribution in [2.24, 2.45) is 0 Å². The molecule has 0 aliphatic heterocycles. The van der Waals surface area contributed by atoms with E-state index in [4.69, 9.17) is 0 Å². The first kappa shape index (κ1) is 13.7. The van der Waals surface area contributed by atoms with E-state index in [9.17, 15) is 9.59 Å². The normalized spacial score (nSPS) is 9.85. The SMILES string of the molecule is Cc1ccc(NC(=O)C(=O)NCc2cccnc2)cc1. The van der Waals surface area contributed by atoms with E-state index in [0.29, 0.717) is 5.69 Å². The molecular weight excluding hydrogens is 254 g/mol. The zero-order valence-corrected chi connectivity index (χ0v) is 11.1. The Balaban J connectivity index is 1.86. The van der Waals surface area contributed by atoms with E-state index in [1.807, 2.05) is 25.1 Å². The molecule has 20 heavy (non-hydrogen) atoms. The molecule has 0 fully saturated rings. The van der Waals surface area contributed by atoms with Crippen LogP contribution in [0.2, 0.25) is 0 Å². The Bertz CT molecular complexity index is 594. The Morgan fingerprint density at radius 3 is 2.50 bits per heavy atom. The summed E-state index contributed by atoms with van der Waals surface area (Å²) >= 11 is 0. The lowest BCUT2D eigenvalue weighted by Gasteiger charge is -2.06. The summed E-state index contributed by atoms with van der Waals surface area (Å²) in [5.74, 6) is -1.35. The smallest absolute Gasteiger partial charge is 0.313 e. The van der Waals surface area contributed by atoms with Gasteiger partial charge in [0.15, 0.2) is 0 Å². The maximum Gasteiger partial charge on any atom is 0.313 e. The van der Waals surface area contributed by atoms with Crippen LogP contribution in [0.25, 0.3) is 0 Å². The molecule has 2 rings (SSSR count). The molecule has 0 unspecified atom stereocenters. The van der Waals surface area contributed by atoms with Crippen molar-refractivity contribution >= 4 is 17.5 Å². The number of aromatic nitrogens is 1. The van der Waals surface area contributed by atoms with Crippen molar-refractivity contribution in [1.29, 1.82) is 0 Å². The van der Waals surface area contributed by atoms with Gasteiger partial charge in [0.1, 0.15) is 0 Å². The summed E-state index contributed by atoms with van der Waals surface area (Å²) in [6, 6.07) is 10.8. The van der Waals surface area contributed by atoms with Gasteiger partial charge in [-0.15, -0.1) is 0 Å². The van der Waals surface area contributed by atoms with Crippen LogP contribution in [-0.2, 0) is 16.1 Å². The molecule has 0 spiro atoms. The van der Waals surface area contributed by atoms with E-state index in [1.54, 1.807) is 30.6 Å². The fraction of sp³-hybridized carbons (Fsp3) is 0.133. The summed E-state index contributed by atoms with van der Waals surface area (Å²) in [4.78, 5) is 27.3. The first-order chi connectivity index (χ1) is 9.65. The van der Waals surface area contributed by atoms with Crippen LogP contribution in [0.3, 0.4) is 0 Å². The number of anilines is 1. The van der Waals surface area contributed by atoms with Crippen molar-refractivity contribution in [1.82, 2.24) is 10.3 Å². The van der Waals surface area contributed by atoms with E-state index >= 15 is 0 Å². The number of pyridine rings is 1. The van der Waals surface area contributed by atoms with Crippen molar-refractivity contribution in [3.8, 4) is 0 Å². The lowest BCUT2D eigenvalue weighted by Crippen LogP contribution is -2.34. The minimum atomic E-state index is -0.683. The van der Waals surface area contributed by atoms with E-state index in [2.05, 4.69) is 15.6 Å². The summed E-state index contributed by atoms with van der Waals surface area (Å²) in [6.45, 7) is 2.22. The van der Waals surface area contributed by atoms with Gasteiger partial charge >= 0.3 is 11.8 Å². The number of amides is 2. The molecular formula is C15H15N3O2. The van der Waals surface area contributed by atoms with Crippen LogP contribution >= 0.6 is 0 Å². The average molecular weight is 269 g/mol. The zero-order chi connectivity index (χ0) is 14.4. The number of hydrogen-bond acceptors (Lipinski definition) is 3. The van der Waals surface area contributed by atoms with Crippen LogP contribution in [0, 0.1) is 6.92 Å². The molecule has 1 aromatic carbocycles. The predicted molar refractivity (Wildman–Crippen MR) is 75.9 cm³/mol. The lowest BCUT2D eigenvalue weighted by molar-refractivity contribution is -0.136. The fourth-order valence-corrected chi connectivity index (χ4v) is 1.59. The quantitative estimate of drug-likeness (QED) is 0.832. The average Bonchev–Trinajstić information content (AvgIpc) is 2.48. The maximum absolute atomic E-state index is 11.7. The van der Waals surface area contributed by atoms with Gasteiger partial charge in [0, 0.05) is 24.6 Å². The summed E-state index contributed by atoms with van der Waals surface area (Å²) in [5.41, 5.74) is 2.52. The molecule has 0 atom stereocenters. The second kappa shape index (κ2) is 6.47. The monoisotopic (exact) mass is 269 g/mol. The number of rotatable bonds is 3. The van der Waals surface area contributed by atoms with Crippen LogP contribution in [0.15, 0.2) is 48.8 Å². The van der Waals surface area contributed by atoms with Gasteiger partial charge in [0.25, 0.3) is 0 Å². The van der Waals surface area contributed by atoms with E-state index < -0.39 is 11.8 Å². The second-order valence-corrected chi connectivity index (χ2v) is 4.36. The highest BCUT2D eigenvalue weighted by atomic mass is 16.2. The summed E-state index contributed by atoms with van der Waals surface area (Å²) in [7, 11) is 0. The van der Waals surface area contributed by atoms with Crippen molar-refractivity contribution in [2.75, 3.05) is 5.32 Å². The molecule has 2 amide bonds. The van der Waals surface area contributed by atoms with Crippen LogP contribution < -0.4 is 10.6 Å². The number of nitrogens with zero attached hydrogens (tertiary/aromatic N) is 1. The molecule has 0 aliphatic rings. The Morgan fingerprint density at radius 1 is 1.10 bits per heavy atom. The molecule has 0 bridgehead atoms. The van der Waals surface area contributed by atoms with Gasteiger partial charge in [-0.1, -0.05) is 23.8 Å². The van der Waals surface area contributed by atoms with E-state index in [-0.39, 0.29) is 6.54 Å². The molecule has 0 saturated heterocycles.